The van der Waals surface area contributed by atoms with Gasteiger partial charge in [0.1, 0.15) is 6.04 Å². The van der Waals surface area contributed by atoms with Gasteiger partial charge in [-0.25, -0.2) is 4.79 Å². The van der Waals surface area contributed by atoms with Crippen molar-refractivity contribution in [2.75, 3.05) is 13.2 Å². The summed E-state index contributed by atoms with van der Waals surface area (Å²) < 4.78 is 5.28. The van der Waals surface area contributed by atoms with Crippen LogP contribution in [0.2, 0.25) is 0 Å². The average molecular weight is 230 g/mol. The van der Waals surface area contributed by atoms with Crippen LogP contribution in [0.15, 0.2) is 0 Å². The predicted octanol–water partition coefficient (Wildman–Crippen LogP) is 0.328. The van der Waals surface area contributed by atoms with Crippen LogP contribution in [0.25, 0.3) is 0 Å². The molecule has 3 N–H and O–H groups in total. The Morgan fingerprint density at radius 2 is 2.19 bits per heavy atom. The zero-order valence-electron chi connectivity index (χ0n) is 9.58. The van der Waals surface area contributed by atoms with Crippen molar-refractivity contribution in [1.82, 2.24) is 10.6 Å². The number of nitrogens with one attached hydrogen (secondary N) is 2. The number of carboxylic acids is 1. The molecule has 6 heteroatoms. The average Bonchev–Trinajstić information content (AvgIpc) is 2.17. The van der Waals surface area contributed by atoms with Crippen molar-refractivity contribution in [3.8, 4) is 0 Å². The topological polar surface area (TPSA) is 87.7 Å². The first-order valence-corrected chi connectivity index (χ1v) is 5.32. The highest BCUT2D eigenvalue weighted by Gasteiger charge is 2.29. The quantitative estimate of drug-likeness (QED) is 0.652. The number of urea groups is 1. The monoisotopic (exact) mass is 230 g/mol. The minimum atomic E-state index is -1.06. The number of carbonyl (C=O) groups is 2. The summed E-state index contributed by atoms with van der Waals surface area (Å²) in [4.78, 5) is 22.0. The molecule has 16 heavy (non-hydrogen) atoms. The van der Waals surface area contributed by atoms with Crippen LogP contribution in [-0.4, -0.2) is 41.9 Å². The van der Waals surface area contributed by atoms with E-state index in [4.69, 9.17) is 9.84 Å². The number of aliphatic carboxylic acids is 1. The van der Waals surface area contributed by atoms with Gasteiger partial charge in [-0.05, 0) is 26.7 Å². The largest absolute Gasteiger partial charge is 0.480 e. The van der Waals surface area contributed by atoms with E-state index in [0.717, 1.165) is 12.8 Å². The summed E-state index contributed by atoms with van der Waals surface area (Å²) >= 11 is 0. The van der Waals surface area contributed by atoms with E-state index >= 15 is 0 Å². The van der Waals surface area contributed by atoms with Gasteiger partial charge in [0, 0.05) is 6.61 Å². The molecular weight excluding hydrogens is 212 g/mol. The molecule has 0 saturated carbocycles. The smallest absolute Gasteiger partial charge is 0.325 e. The van der Waals surface area contributed by atoms with Crippen LogP contribution in [0.5, 0.6) is 0 Å². The normalized spacial score (nSPS) is 26.9. The van der Waals surface area contributed by atoms with E-state index in [1.54, 1.807) is 0 Å². The molecule has 0 aromatic heterocycles. The standard InChI is InChI=1S/C10H18N2O4/c1-7(8(13)14)11-9(15)12-10(2)4-3-5-16-6-10/h7H,3-6H2,1-2H3,(H,13,14)(H2,11,12,15)/t7-,10?/m0/s1. The molecule has 1 aliphatic heterocycles. The van der Waals surface area contributed by atoms with Gasteiger partial charge in [-0.15, -0.1) is 0 Å². The third-order valence-electron chi connectivity index (χ3n) is 2.57. The summed E-state index contributed by atoms with van der Waals surface area (Å²) in [5.74, 6) is -1.06. The fourth-order valence-electron chi connectivity index (χ4n) is 1.60. The highest BCUT2D eigenvalue weighted by molar-refractivity contribution is 5.82. The van der Waals surface area contributed by atoms with Crippen LogP contribution in [-0.2, 0) is 9.53 Å². The molecule has 0 aliphatic carbocycles. The van der Waals surface area contributed by atoms with Crippen LogP contribution in [0.1, 0.15) is 26.7 Å². The SMILES string of the molecule is C[C@H](NC(=O)NC1(C)CCCOC1)C(=O)O. The van der Waals surface area contributed by atoms with Crippen molar-refractivity contribution < 1.29 is 19.4 Å². The van der Waals surface area contributed by atoms with Crippen LogP contribution in [0.3, 0.4) is 0 Å². The molecule has 1 rings (SSSR count). The molecular formula is C10H18N2O4. The van der Waals surface area contributed by atoms with E-state index in [1.807, 2.05) is 6.92 Å². The van der Waals surface area contributed by atoms with Gasteiger partial charge in [0.25, 0.3) is 0 Å². The summed E-state index contributed by atoms with van der Waals surface area (Å²) in [7, 11) is 0. The number of amides is 2. The number of ether oxygens (including phenoxy) is 1. The maximum Gasteiger partial charge on any atom is 0.325 e. The lowest BCUT2D eigenvalue weighted by molar-refractivity contribution is -0.138. The van der Waals surface area contributed by atoms with Crippen molar-refractivity contribution in [2.24, 2.45) is 0 Å². The van der Waals surface area contributed by atoms with Gasteiger partial charge < -0.3 is 20.5 Å². The Labute approximate surface area is 94.3 Å². The zero-order chi connectivity index (χ0) is 12.2. The molecule has 1 heterocycles. The van der Waals surface area contributed by atoms with Crippen LogP contribution < -0.4 is 10.6 Å². The van der Waals surface area contributed by atoms with Crippen molar-refractivity contribution in [2.45, 2.75) is 38.3 Å². The molecule has 1 saturated heterocycles. The first kappa shape index (κ1) is 12.8. The minimum absolute atomic E-state index is 0.402. The van der Waals surface area contributed by atoms with Gasteiger partial charge >= 0.3 is 12.0 Å². The zero-order valence-corrected chi connectivity index (χ0v) is 9.58. The van der Waals surface area contributed by atoms with Crippen molar-refractivity contribution in [1.29, 1.82) is 0 Å². The third kappa shape index (κ3) is 3.69. The maximum absolute atomic E-state index is 11.5. The lowest BCUT2D eigenvalue weighted by atomic mass is 9.95. The Bertz CT molecular complexity index is 274. The second-order valence-corrected chi connectivity index (χ2v) is 4.38. The molecule has 1 aliphatic rings. The summed E-state index contributed by atoms with van der Waals surface area (Å²) in [5, 5.41) is 13.7. The van der Waals surface area contributed by atoms with Crippen LogP contribution in [0.4, 0.5) is 4.79 Å². The van der Waals surface area contributed by atoms with Crippen LogP contribution >= 0.6 is 0 Å². The van der Waals surface area contributed by atoms with E-state index in [1.165, 1.54) is 6.92 Å². The molecule has 0 radical (unpaired) electrons. The predicted molar refractivity (Wildman–Crippen MR) is 57.2 cm³/mol. The van der Waals surface area contributed by atoms with Gasteiger partial charge in [0.2, 0.25) is 0 Å². The molecule has 0 aromatic rings. The summed E-state index contributed by atoms with van der Waals surface area (Å²) in [6, 6.07) is -1.36. The highest BCUT2D eigenvalue weighted by Crippen LogP contribution is 2.17. The van der Waals surface area contributed by atoms with Gasteiger partial charge in [0.15, 0.2) is 0 Å². The van der Waals surface area contributed by atoms with E-state index in [-0.39, 0.29) is 0 Å². The summed E-state index contributed by atoms with van der Waals surface area (Å²) in [5.41, 5.74) is -0.402. The van der Waals surface area contributed by atoms with Crippen molar-refractivity contribution >= 4 is 12.0 Å². The van der Waals surface area contributed by atoms with E-state index < -0.39 is 23.6 Å². The Balaban J connectivity index is 2.41. The number of carbonyl (C=O) groups excluding carboxylic acids is 1. The Hall–Kier alpha value is -1.30. The highest BCUT2D eigenvalue weighted by atomic mass is 16.5. The van der Waals surface area contributed by atoms with Gasteiger partial charge in [-0.2, -0.15) is 0 Å². The lowest BCUT2D eigenvalue weighted by Crippen LogP contribution is -2.56. The minimum Gasteiger partial charge on any atom is -0.480 e. The first-order chi connectivity index (χ1) is 7.43. The number of hydrogen-bond donors (Lipinski definition) is 3. The molecule has 2 amide bonds. The molecule has 92 valence electrons. The summed E-state index contributed by atoms with van der Waals surface area (Å²) in [6.07, 6.45) is 1.73. The molecule has 6 nitrogen and oxygen atoms in total. The van der Waals surface area contributed by atoms with E-state index in [0.29, 0.717) is 13.2 Å². The maximum atomic E-state index is 11.5. The van der Waals surface area contributed by atoms with Crippen LogP contribution in [0, 0.1) is 0 Å². The molecule has 0 spiro atoms. The molecule has 0 aromatic carbocycles. The van der Waals surface area contributed by atoms with Gasteiger partial charge in [0.05, 0.1) is 12.1 Å². The fraction of sp³-hybridized carbons (Fsp3) is 0.800. The molecule has 0 bridgehead atoms. The van der Waals surface area contributed by atoms with Crippen molar-refractivity contribution in [3.63, 3.8) is 0 Å². The van der Waals surface area contributed by atoms with Gasteiger partial charge in [-0.1, -0.05) is 0 Å². The second-order valence-electron chi connectivity index (χ2n) is 4.38. The summed E-state index contributed by atoms with van der Waals surface area (Å²) in [6.45, 7) is 4.48. The number of hydrogen-bond acceptors (Lipinski definition) is 3. The van der Waals surface area contributed by atoms with E-state index in [9.17, 15) is 9.59 Å². The third-order valence-corrected chi connectivity index (χ3v) is 2.57. The number of carboxylic acid groups (broad SMARTS) is 1. The molecule has 1 unspecified atom stereocenters. The van der Waals surface area contributed by atoms with E-state index in [2.05, 4.69) is 10.6 Å². The van der Waals surface area contributed by atoms with Gasteiger partial charge in [-0.3, -0.25) is 4.79 Å². The Kier molecular flexibility index (Phi) is 4.12. The number of rotatable bonds is 3. The Morgan fingerprint density at radius 1 is 1.50 bits per heavy atom. The lowest BCUT2D eigenvalue weighted by Gasteiger charge is -2.34. The first-order valence-electron chi connectivity index (χ1n) is 5.32. The second kappa shape index (κ2) is 5.16. The molecule has 1 fully saturated rings. The fourth-order valence-corrected chi connectivity index (χ4v) is 1.60. The van der Waals surface area contributed by atoms with Crippen molar-refractivity contribution in [3.05, 3.63) is 0 Å². The molecule has 2 atom stereocenters. The Morgan fingerprint density at radius 3 is 2.69 bits per heavy atom.